The highest BCUT2D eigenvalue weighted by atomic mass is 32.1. The summed E-state index contributed by atoms with van der Waals surface area (Å²) in [7, 11) is 0. The first-order chi connectivity index (χ1) is 12.5. The third-order valence-corrected chi connectivity index (χ3v) is 3.96. The first-order valence-corrected chi connectivity index (χ1v) is 8.29. The van der Waals surface area contributed by atoms with Crippen molar-refractivity contribution in [1.29, 1.82) is 0 Å². The Bertz CT molecular complexity index is 1030. The summed E-state index contributed by atoms with van der Waals surface area (Å²) < 4.78 is 18.2. The fraction of sp³-hybridized carbons (Fsp3) is 0.105. The van der Waals surface area contributed by atoms with Gasteiger partial charge in [0.2, 0.25) is 0 Å². The van der Waals surface area contributed by atoms with Gasteiger partial charge in [-0.2, -0.15) is 5.10 Å². The van der Waals surface area contributed by atoms with Gasteiger partial charge in [0, 0.05) is 11.9 Å². The van der Waals surface area contributed by atoms with Crippen molar-refractivity contribution in [3.8, 4) is 0 Å². The van der Waals surface area contributed by atoms with Crippen LogP contribution in [-0.2, 0) is 6.54 Å². The quantitative estimate of drug-likeness (QED) is 0.320. The predicted octanol–water partition coefficient (Wildman–Crippen LogP) is 3.32. The van der Waals surface area contributed by atoms with Crippen molar-refractivity contribution in [2.45, 2.75) is 13.5 Å². The second-order valence-electron chi connectivity index (χ2n) is 5.60. The van der Waals surface area contributed by atoms with Crippen molar-refractivity contribution in [2.75, 3.05) is 0 Å². The molecule has 2 aromatic carbocycles. The van der Waals surface area contributed by atoms with Gasteiger partial charge in [-0.1, -0.05) is 30.3 Å². The van der Waals surface area contributed by atoms with Gasteiger partial charge in [0.15, 0.2) is 5.11 Å². The van der Waals surface area contributed by atoms with Crippen LogP contribution >= 0.6 is 12.2 Å². The molecule has 1 aromatic heterocycles. The van der Waals surface area contributed by atoms with Crippen molar-refractivity contribution >= 4 is 34.0 Å². The summed E-state index contributed by atoms with van der Waals surface area (Å²) in [5.74, 6) is -0.288. The third-order valence-electron chi connectivity index (χ3n) is 3.72. The second kappa shape index (κ2) is 7.88. The molecule has 0 radical (unpaired) electrons. The van der Waals surface area contributed by atoms with E-state index in [0.717, 1.165) is 10.9 Å². The Morgan fingerprint density at radius 1 is 1.19 bits per heavy atom. The summed E-state index contributed by atoms with van der Waals surface area (Å²) in [5.41, 5.74) is 4.45. The molecule has 3 rings (SSSR count). The minimum Gasteiger partial charge on any atom is -0.422 e. The van der Waals surface area contributed by atoms with E-state index in [1.165, 1.54) is 12.1 Å². The van der Waals surface area contributed by atoms with Crippen LogP contribution in [0.25, 0.3) is 11.0 Å². The first kappa shape index (κ1) is 17.8. The van der Waals surface area contributed by atoms with Crippen LogP contribution in [-0.4, -0.2) is 10.8 Å². The molecule has 132 valence electrons. The lowest BCUT2D eigenvalue weighted by Gasteiger charge is -2.08. The second-order valence-corrected chi connectivity index (χ2v) is 6.01. The van der Waals surface area contributed by atoms with Crippen LogP contribution in [0.4, 0.5) is 4.39 Å². The number of rotatable bonds is 4. The summed E-state index contributed by atoms with van der Waals surface area (Å²) in [6, 6.07) is 15.1. The van der Waals surface area contributed by atoms with E-state index >= 15 is 0 Å². The van der Waals surface area contributed by atoms with Crippen molar-refractivity contribution in [3.05, 3.63) is 82.0 Å². The standard InChI is InChI=1S/C19H16FN3O2S/c1-12(16-10-14-4-2-3-5-17(14)25-18(16)24)22-23-19(26)21-11-13-6-8-15(20)9-7-13/h2-10H,11H2,1H3,(H2,21,23,26)/b22-12-. The van der Waals surface area contributed by atoms with Crippen LogP contribution in [0, 0.1) is 5.82 Å². The maximum absolute atomic E-state index is 12.9. The predicted molar refractivity (Wildman–Crippen MR) is 104 cm³/mol. The number of fused-ring (bicyclic) bond motifs is 1. The monoisotopic (exact) mass is 369 g/mol. The smallest absolute Gasteiger partial charge is 0.345 e. The molecule has 3 aromatic rings. The van der Waals surface area contributed by atoms with Crippen LogP contribution in [0.5, 0.6) is 0 Å². The zero-order valence-electron chi connectivity index (χ0n) is 14.0. The van der Waals surface area contributed by atoms with Crippen LogP contribution in [0.1, 0.15) is 18.1 Å². The molecule has 0 atom stereocenters. The lowest BCUT2D eigenvalue weighted by molar-refractivity contribution is 0.559. The summed E-state index contributed by atoms with van der Waals surface area (Å²) >= 11 is 5.15. The van der Waals surface area contributed by atoms with Gasteiger partial charge in [-0.05, 0) is 49.0 Å². The van der Waals surface area contributed by atoms with Crippen molar-refractivity contribution in [3.63, 3.8) is 0 Å². The molecule has 2 N–H and O–H groups in total. The number of nitrogens with zero attached hydrogens (tertiary/aromatic N) is 1. The van der Waals surface area contributed by atoms with Gasteiger partial charge in [-0.3, -0.25) is 5.43 Å². The summed E-state index contributed by atoms with van der Waals surface area (Å²) in [6.45, 7) is 2.12. The maximum atomic E-state index is 12.9. The van der Waals surface area contributed by atoms with Crippen molar-refractivity contribution in [2.24, 2.45) is 5.10 Å². The Morgan fingerprint density at radius 3 is 2.69 bits per heavy atom. The maximum Gasteiger partial charge on any atom is 0.345 e. The van der Waals surface area contributed by atoms with Crippen LogP contribution in [0.15, 0.2) is 68.9 Å². The minimum atomic E-state index is -0.461. The van der Waals surface area contributed by atoms with Gasteiger partial charge < -0.3 is 9.73 Å². The third kappa shape index (κ3) is 4.31. The fourth-order valence-electron chi connectivity index (χ4n) is 2.33. The molecule has 0 aliphatic rings. The normalized spacial score (nSPS) is 11.4. The molecular weight excluding hydrogens is 353 g/mol. The summed E-state index contributed by atoms with van der Waals surface area (Å²) in [4.78, 5) is 12.1. The molecule has 0 saturated heterocycles. The molecule has 5 nitrogen and oxygen atoms in total. The number of benzene rings is 2. The van der Waals surface area contributed by atoms with E-state index in [1.54, 1.807) is 37.3 Å². The van der Waals surface area contributed by atoms with E-state index in [-0.39, 0.29) is 5.82 Å². The summed E-state index contributed by atoms with van der Waals surface area (Å²) in [6.07, 6.45) is 0. The SMILES string of the molecule is C/C(=N/NC(=S)NCc1ccc(F)cc1)c1cc2ccccc2oc1=O. The van der Waals surface area contributed by atoms with Gasteiger partial charge in [0.05, 0.1) is 11.3 Å². The number of thiocarbonyl (C=S) groups is 1. The van der Waals surface area contributed by atoms with E-state index in [2.05, 4.69) is 15.8 Å². The van der Waals surface area contributed by atoms with Crippen molar-refractivity contribution in [1.82, 2.24) is 10.7 Å². The molecule has 0 unspecified atom stereocenters. The lowest BCUT2D eigenvalue weighted by Crippen LogP contribution is -2.32. The molecule has 0 bridgehead atoms. The average Bonchev–Trinajstić information content (AvgIpc) is 2.65. The highest BCUT2D eigenvalue weighted by Gasteiger charge is 2.08. The molecule has 26 heavy (non-hydrogen) atoms. The number of nitrogens with one attached hydrogen (secondary N) is 2. The largest absolute Gasteiger partial charge is 0.422 e. The highest BCUT2D eigenvalue weighted by molar-refractivity contribution is 7.80. The molecule has 0 fully saturated rings. The zero-order valence-corrected chi connectivity index (χ0v) is 14.8. The van der Waals surface area contributed by atoms with Gasteiger partial charge in [0.1, 0.15) is 11.4 Å². The van der Waals surface area contributed by atoms with Gasteiger partial charge in [-0.25, -0.2) is 9.18 Å². The van der Waals surface area contributed by atoms with E-state index in [0.29, 0.717) is 28.5 Å². The van der Waals surface area contributed by atoms with Crippen LogP contribution in [0.2, 0.25) is 0 Å². The van der Waals surface area contributed by atoms with Gasteiger partial charge >= 0.3 is 5.63 Å². The van der Waals surface area contributed by atoms with Crippen LogP contribution < -0.4 is 16.4 Å². The average molecular weight is 369 g/mol. The Labute approximate surface area is 154 Å². The van der Waals surface area contributed by atoms with E-state index in [4.69, 9.17) is 16.6 Å². The van der Waals surface area contributed by atoms with Crippen molar-refractivity contribution < 1.29 is 8.81 Å². The van der Waals surface area contributed by atoms with Crippen LogP contribution in [0.3, 0.4) is 0 Å². The molecule has 1 heterocycles. The molecule has 7 heteroatoms. The van der Waals surface area contributed by atoms with Gasteiger partial charge in [0.25, 0.3) is 0 Å². The fourth-order valence-corrected chi connectivity index (χ4v) is 2.45. The Hall–Kier alpha value is -3.06. The summed E-state index contributed by atoms with van der Waals surface area (Å²) in [5, 5.41) is 8.19. The lowest BCUT2D eigenvalue weighted by atomic mass is 10.1. The van der Waals surface area contributed by atoms with E-state index in [1.807, 2.05) is 12.1 Å². The molecule has 0 aliphatic heterocycles. The topological polar surface area (TPSA) is 66.6 Å². The molecule has 0 saturated carbocycles. The molecule has 0 spiro atoms. The first-order valence-electron chi connectivity index (χ1n) is 7.89. The molecule has 0 amide bonds. The molecule has 0 aliphatic carbocycles. The Morgan fingerprint density at radius 2 is 1.92 bits per heavy atom. The Kier molecular flexibility index (Phi) is 5.38. The number of hydrogen-bond donors (Lipinski definition) is 2. The number of halogens is 1. The number of para-hydroxylation sites is 1. The van der Waals surface area contributed by atoms with E-state index < -0.39 is 5.63 Å². The minimum absolute atomic E-state index is 0.288. The molecular formula is C19H16FN3O2S. The highest BCUT2D eigenvalue weighted by Crippen LogP contribution is 2.12. The zero-order chi connectivity index (χ0) is 18.5. The number of hydrogen-bond acceptors (Lipinski definition) is 4. The number of hydrazone groups is 1. The van der Waals surface area contributed by atoms with Gasteiger partial charge in [-0.15, -0.1) is 0 Å². The van der Waals surface area contributed by atoms with E-state index in [9.17, 15) is 9.18 Å². The Balaban J connectivity index is 1.66.